The van der Waals surface area contributed by atoms with E-state index in [1.54, 1.807) is 32.4 Å². The van der Waals surface area contributed by atoms with E-state index in [9.17, 15) is 9.59 Å². The predicted octanol–water partition coefficient (Wildman–Crippen LogP) is 4.52. The van der Waals surface area contributed by atoms with Crippen LogP contribution in [0.1, 0.15) is 44.2 Å². The molecule has 0 aliphatic heterocycles. The average molecular weight is 399 g/mol. The maximum atomic E-state index is 12.7. The minimum absolute atomic E-state index is 0.144. The summed E-state index contributed by atoms with van der Waals surface area (Å²) in [5.74, 6) is 1.12. The Labute approximate surface area is 172 Å². The Morgan fingerprint density at radius 1 is 1.10 bits per heavy atom. The van der Waals surface area contributed by atoms with Gasteiger partial charge in [0.25, 0.3) is 0 Å². The fourth-order valence-corrected chi connectivity index (χ4v) is 3.21. The van der Waals surface area contributed by atoms with E-state index >= 15 is 0 Å². The molecule has 0 fully saturated rings. The zero-order chi connectivity index (χ0) is 21.6. The van der Waals surface area contributed by atoms with E-state index in [4.69, 9.17) is 9.47 Å². The van der Waals surface area contributed by atoms with Gasteiger partial charge in [0.15, 0.2) is 0 Å². The first kappa shape index (κ1) is 22.3. The topological polar surface area (TPSA) is 67.9 Å². The lowest BCUT2D eigenvalue weighted by molar-refractivity contribution is -0.117. The third kappa shape index (κ3) is 5.50. The molecule has 29 heavy (non-hydrogen) atoms. The molecule has 2 rings (SSSR count). The fraction of sp³-hybridized carbons (Fsp3) is 0.391. The van der Waals surface area contributed by atoms with Gasteiger partial charge in [-0.2, -0.15) is 0 Å². The molecule has 0 heterocycles. The summed E-state index contributed by atoms with van der Waals surface area (Å²) in [6.07, 6.45) is 0.159. The summed E-state index contributed by atoms with van der Waals surface area (Å²) >= 11 is 0. The summed E-state index contributed by atoms with van der Waals surface area (Å²) in [5.41, 5.74) is 3.53. The van der Waals surface area contributed by atoms with E-state index in [2.05, 4.69) is 19.2 Å². The van der Waals surface area contributed by atoms with E-state index in [-0.39, 0.29) is 24.8 Å². The van der Waals surface area contributed by atoms with E-state index in [1.165, 1.54) is 11.8 Å². The summed E-state index contributed by atoms with van der Waals surface area (Å²) in [7, 11) is 3.10. The van der Waals surface area contributed by atoms with E-state index in [1.807, 2.05) is 25.1 Å². The van der Waals surface area contributed by atoms with Crippen molar-refractivity contribution in [2.45, 2.75) is 40.0 Å². The first-order valence-electron chi connectivity index (χ1n) is 9.68. The van der Waals surface area contributed by atoms with Crippen LogP contribution in [0.2, 0.25) is 0 Å². The van der Waals surface area contributed by atoms with Crippen molar-refractivity contribution in [2.75, 3.05) is 31.0 Å². The second-order valence-corrected chi connectivity index (χ2v) is 7.20. The highest BCUT2D eigenvalue weighted by atomic mass is 16.5. The normalized spacial score (nSPS) is 10.6. The third-order valence-electron chi connectivity index (χ3n) is 4.81. The molecule has 2 aromatic carbocycles. The molecule has 0 spiro atoms. The summed E-state index contributed by atoms with van der Waals surface area (Å²) in [4.78, 5) is 26.5. The van der Waals surface area contributed by atoms with Crippen molar-refractivity contribution in [3.8, 4) is 11.5 Å². The lowest BCUT2D eigenvalue weighted by Gasteiger charge is -2.24. The van der Waals surface area contributed by atoms with Crippen molar-refractivity contribution < 1.29 is 19.1 Å². The number of hydrogen-bond donors (Lipinski definition) is 1. The monoisotopic (exact) mass is 398 g/mol. The van der Waals surface area contributed by atoms with E-state index < -0.39 is 0 Å². The maximum absolute atomic E-state index is 12.7. The van der Waals surface area contributed by atoms with Crippen LogP contribution in [0, 0.1) is 6.92 Å². The number of carbonyl (C=O) groups is 2. The van der Waals surface area contributed by atoms with Crippen LogP contribution in [-0.4, -0.2) is 32.6 Å². The highest BCUT2D eigenvalue weighted by Gasteiger charge is 2.19. The molecule has 0 aliphatic carbocycles. The van der Waals surface area contributed by atoms with Crippen molar-refractivity contribution in [2.24, 2.45) is 0 Å². The smallest absolute Gasteiger partial charge is 0.226 e. The van der Waals surface area contributed by atoms with Crippen molar-refractivity contribution >= 4 is 23.2 Å². The Hall–Kier alpha value is -3.02. The van der Waals surface area contributed by atoms with Gasteiger partial charge in [-0.25, -0.2) is 0 Å². The molecule has 2 aromatic rings. The summed E-state index contributed by atoms with van der Waals surface area (Å²) in [5, 5.41) is 3.02. The van der Waals surface area contributed by atoms with Crippen LogP contribution in [0.25, 0.3) is 0 Å². The Bertz CT molecular complexity index is 877. The first-order chi connectivity index (χ1) is 13.8. The summed E-state index contributed by atoms with van der Waals surface area (Å²) in [6.45, 7) is 7.86. The molecule has 1 N–H and O–H groups in total. The van der Waals surface area contributed by atoms with Gasteiger partial charge in [-0.1, -0.05) is 32.0 Å². The SMILES string of the molecule is COc1ccc(OC)c(N(CCC(=O)Nc2c(C)cccc2C(C)C)C(C)=O)c1. The Morgan fingerprint density at radius 2 is 1.83 bits per heavy atom. The standard InChI is InChI=1S/C23H30N2O4/c1-15(2)19-9-7-8-16(3)23(19)24-22(27)12-13-25(17(4)26)20-14-18(28-5)10-11-21(20)29-6/h7-11,14-15H,12-13H2,1-6H3,(H,24,27). The molecule has 0 saturated carbocycles. The molecule has 0 bridgehead atoms. The van der Waals surface area contributed by atoms with Crippen LogP contribution in [0.5, 0.6) is 11.5 Å². The van der Waals surface area contributed by atoms with Crippen LogP contribution in [0.15, 0.2) is 36.4 Å². The van der Waals surface area contributed by atoms with Gasteiger partial charge in [0.05, 0.1) is 19.9 Å². The Kier molecular flexibility index (Phi) is 7.65. The second kappa shape index (κ2) is 9.96. The molecule has 6 nitrogen and oxygen atoms in total. The highest BCUT2D eigenvalue weighted by molar-refractivity contribution is 5.96. The summed E-state index contributed by atoms with van der Waals surface area (Å²) < 4.78 is 10.7. The summed E-state index contributed by atoms with van der Waals surface area (Å²) in [6, 6.07) is 11.2. The van der Waals surface area contributed by atoms with Crippen molar-refractivity contribution in [1.82, 2.24) is 0 Å². The lowest BCUT2D eigenvalue weighted by atomic mass is 9.98. The first-order valence-corrected chi connectivity index (χ1v) is 9.68. The zero-order valence-corrected chi connectivity index (χ0v) is 18.0. The van der Waals surface area contributed by atoms with Gasteiger partial charge in [-0.05, 0) is 36.1 Å². The molecule has 0 unspecified atom stereocenters. The maximum Gasteiger partial charge on any atom is 0.226 e. The van der Waals surface area contributed by atoms with Crippen molar-refractivity contribution in [1.29, 1.82) is 0 Å². The number of aryl methyl sites for hydroxylation is 1. The van der Waals surface area contributed by atoms with E-state index in [0.717, 1.165) is 16.8 Å². The average Bonchev–Trinajstić information content (AvgIpc) is 2.69. The quantitative estimate of drug-likeness (QED) is 0.710. The molecule has 0 radical (unpaired) electrons. The Balaban J connectivity index is 2.19. The number of methoxy groups -OCH3 is 2. The molecule has 0 saturated heterocycles. The molecule has 0 atom stereocenters. The molecule has 0 aromatic heterocycles. The van der Waals surface area contributed by atoms with Crippen LogP contribution in [0.4, 0.5) is 11.4 Å². The number of ether oxygens (including phenoxy) is 2. The van der Waals surface area contributed by atoms with Crippen LogP contribution in [-0.2, 0) is 9.59 Å². The van der Waals surface area contributed by atoms with Gasteiger partial charge < -0.3 is 19.7 Å². The number of nitrogens with one attached hydrogen (secondary N) is 1. The minimum Gasteiger partial charge on any atom is -0.497 e. The second-order valence-electron chi connectivity index (χ2n) is 7.20. The number of para-hydroxylation sites is 1. The molecular formula is C23H30N2O4. The molecule has 6 heteroatoms. The number of carbonyl (C=O) groups excluding carboxylic acids is 2. The Morgan fingerprint density at radius 3 is 2.41 bits per heavy atom. The number of rotatable bonds is 8. The van der Waals surface area contributed by atoms with Crippen LogP contribution in [0.3, 0.4) is 0 Å². The number of hydrogen-bond acceptors (Lipinski definition) is 4. The number of nitrogens with zero attached hydrogens (tertiary/aromatic N) is 1. The van der Waals surface area contributed by atoms with Gasteiger partial charge in [0.1, 0.15) is 11.5 Å². The van der Waals surface area contributed by atoms with Gasteiger partial charge in [0, 0.05) is 31.6 Å². The van der Waals surface area contributed by atoms with Gasteiger partial charge in [0.2, 0.25) is 11.8 Å². The fourth-order valence-electron chi connectivity index (χ4n) is 3.21. The molecule has 0 aliphatic rings. The molecule has 156 valence electrons. The zero-order valence-electron chi connectivity index (χ0n) is 18.0. The lowest BCUT2D eigenvalue weighted by Crippen LogP contribution is -2.32. The minimum atomic E-state index is -0.178. The van der Waals surface area contributed by atoms with Gasteiger partial charge >= 0.3 is 0 Å². The third-order valence-corrected chi connectivity index (χ3v) is 4.81. The van der Waals surface area contributed by atoms with Crippen LogP contribution < -0.4 is 19.7 Å². The highest BCUT2D eigenvalue weighted by Crippen LogP contribution is 2.33. The van der Waals surface area contributed by atoms with Crippen molar-refractivity contribution in [3.05, 3.63) is 47.5 Å². The molecule has 2 amide bonds. The molecular weight excluding hydrogens is 368 g/mol. The van der Waals surface area contributed by atoms with Crippen molar-refractivity contribution in [3.63, 3.8) is 0 Å². The van der Waals surface area contributed by atoms with Crippen LogP contribution >= 0.6 is 0 Å². The predicted molar refractivity (Wildman–Crippen MR) is 116 cm³/mol. The number of benzene rings is 2. The largest absolute Gasteiger partial charge is 0.497 e. The number of anilines is 2. The van der Waals surface area contributed by atoms with Gasteiger partial charge in [-0.3, -0.25) is 9.59 Å². The van der Waals surface area contributed by atoms with Gasteiger partial charge in [-0.15, -0.1) is 0 Å². The van der Waals surface area contributed by atoms with E-state index in [0.29, 0.717) is 23.1 Å². The number of amides is 2.